The molecule has 4 rings (SSSR count). The number of cyclic esters (lactones) is 1. The molecule has 0 aromatic heterocycles. The van der Waals surface area contributed by atoms with E-state index in [4.69, 9.17) is 9.47 Å². The molecule has 1 amide bonds. The van der Waals surface area contributed by atoms with Gasteiger partial charge in [0, 0.05) is 36.5 Å². The molecule has 7 atom stereocenters. The van der Waals surface area contributed by atoms with E-state index in [2.05, 4.69) is 5.32 Å². The number of carbonyl (C=O) groups is 3. The summed E-state index contributed by atoms with van der Waals surface area (Å²) in [6.07, 6.45) is 0.815. The highest BCUT2D eigenvalue weighted by molar-refractivity contribution is 7.99. The van der Waals surface area contributed by atoms with Crippen molar-refractivity contribution in [2.75, 3.05) is 18.1 Å². The van der Waals surface area contributed by atoms with Crippen molar-refractivity contribution in [2.24, 2.45) is 17.3 Å². The van der Waals surface area contributed by atoms with Crippen LogP contribution in [0.3, 0.4) is 0 Å². The predicted molar refractivity (Wildman–Crippen MR) is 118 cm³/mol. The van der Waals surface area contributed by atoms with Crippen molar-refractivity contribution in [1.29, 1.82) is 0 Å². The van der Waals surface area contributed by atoms with Crippen LogP contribution in [0.2, 0.25) is 0 Å². The van der Waals surface area contributed by atoms with Crippen LogP contribution < -0.4 is 5.32 Å². The maximum atomic E-state index is 13.8. The lowest BCUT2D eigenvalue weighted by Gasteiger charge is -2.59. The Bertz CT molecular complexity index is 844. The molecule has 3 N–H and O–H groups in total. The van der Waals surface area contributed by atoms with Gasteiger partial charge < -0.3 is 25.0 Å². The molecule has 4 aliphatic rings. The standard InChI is InChI=1S/C23H33NO7S/c1-12-17-20(27)23(29)8-5-4-7-15(23)22(12,3)19(26)16-18(31-17)14(30-21(16)28)11-32-10-6-9-24-13(2)25/h12,14-15,17,20,27,29H,4-11H2,1-3H3,(H,24,25)/t12-,14?,15+,17+,20-,22-,23+/m1/s1. The molecule has 0 saturated heterocycles. The van der Waals surface area contributed by atoms with E-state index in [0.717, 1.165) is 25.0 Å². The zero-order valence-corrected chi connectivity index (χ0v) is 19.7. The number of aliphatic hydroxyl groups is 2. The lowest BCUT2D eigenvalue weighted by atomic mass is 9.48. The zero-order valence-electron chi connectivity index (χ0n) is 18.9. The second-order valence-corrected chi connectivity index (χ2v) is 10.9. The summed E-state index contributed by atoms with van der Waals surface area (Å²) in [7, 11) is 0. The fourth-order valence-corrected chi connectivity index (χ4v) is 7.05. The minimum Gasteiger partial charge on any atom is -0.487 e. The molecular formula is C23H33NO7S. The number of carbonyl (C=O) groups excluding carboxylic acids is 3. The molecule has 8 nitrogen and oxygen atoms in total. The van der Waals surface area contributed by atoms with Gasteiger partial charge >= 0.3 is 5.97 Å². The SMILES string of the molecule is CC(=O)NCCCSCC1OC(=O)C2=C1O[C@@H]1[C@@H](O)[C@]3(O)CCCC[C@H]3[C@](C)(C2=O)[C@@H]1C. The van der Waals surface area contributed by atoms with E-state index in [9.17, 15) is 24.6 Å². The molecule has 0 aromatic rings. The Balaban J connectivity index is 1.58. The number of Topliss-reactive ketones (excluding diaryl/α,β-unsaturated/α-hetero) is 1. The smallest absolute Gasteiger partial charge is 0.346 e. The van der Waals surface area contributed by atoms with Gasteiger partial charge in [0.1, 0.15) is 17.8 Å². The molecule has 2 aliphatic carbocycles. The number of fused-ring (bicyclic) bond motifs is 4. The molecule has 2 saturated carbocycles. The lowest BCUT2D eigenvalue weighted by molar-refractivity contribution is -0.249. The largest absolute Gasteiger partial charge is 0.487 e. The third kappa shape index (κ3) is 3.56. The number of nitrogens with one attached hydrogen (secondary N) is 1. The normalized spacial score (nSPS) is 40.7. The van der Waals surface area contributed by atoms with Crippen molar-refractivity contribution in [1.82, 2.24) is 5.32 Å². The van der Waals surface area contributed by atoms with Crippen LogP contribution in [-0.4, -0.2) is 69.8 Å². The fraction of sp³-hybridized carbons (Fsp3) is 0.783. The van der Waals surface area contributed by atoms with Gasteiger partial charge in [-0.1, -0.05) is 26.7 Å². The predicted octanol–water partition coefficient (Wildman–Crippen LogP) is 1.33. The third-order valence-electron chi connectivity index (χ3n) is 7.99. The first-order chi connectivity index (χ1) is 15.1. The minimum atomic E-state index is -1.41. The molecule has 2 fully saturated rings. The molecule has 1 unspecified atom stereocenters. The quantitative estimate of drug-likeness (QED) is 0.304. The van der Waals surface area contributed by atoms with Gasteiger partial charge in [0.15, 0.2) is 17.6 Å². The van der Waals surface area contributed by atoms with Gasteiger partial charge in [-0.2, -0.15) is 11.8 Å². The Morgan fingerprint density at radius 1 is 1.28 bits per heavy atom. The first-order valence-corrected chi connectivity index (χ1v) is 12.7. The summed E-state index contributed by atoms with van der Waals surface area (Å²) in [5.74, 6) is -0.523. The maximum Gasteiger partial charge on any atom is 0.346 e. The van der Waals surface area contributed by atoms with E-state index < -0.39 is 41.2 Å². The zero-order chi connectivity index (χ0) is 23.3. The van der Waals surface area contributed by atoms with E-state index in [1.54, 1.807) is 11.8 Å². The van der Waals surface area contributed by atoms with Crippen LogP contribution in [-0.2, 0) is 23.9 Å². The van der Waals surface area contributed by atoms with E-state index in [1.165, 1.54) is 6.92 Å². The van der Waals surface area contributed by atoms with Crippen LogP contribution in [0.1, 0.15) is 52.9 Å². The lowest BCUT2D eigenvalue weighted by Crippen LogP contribution is -2.69. The number of aliphatic hydroxyl groups excluding tert-OH is 1. The van der Waals surface area contributed by atoms with Crippen LogP contribution in [0, 0.1) is 17.3 Å². The monoisotopic (exact) mass is 467 g/mol. The molecular weight excluding hydrogens is 434 g/mol. The fourth-order valence-electron chi connectivity index (χ4n) is 6.10. The molecule has 2 aliphatic heterocycles. The van der Waals surface area contributed by atoms with Crippen molar-refractivity contribution in [2.45, 2.75) is 76.8 Å². The van der Waals surface area contributed by atoms with Crippen LogP contribution >= 0.6 is 11.8 Å². The second kappa shape index (κ2) is 8.65. The number of hydrogen-bond donors (Lipinski definition) is 3. The number of esters is 1. The molecule has 2 bridgehead atoms. The van der Waals surface area contributed by atoms with Gasteiger partial charge in [-0.25, -0.2) is 4.79 Å². The number of ketones is 1. The first kappa shape index (κ1) is 23.6. The number of thioether (sulfide) groups is 1. The number of amides is 1. The van der Waals surface area contributed by atoms with Gasteiger partial charge in [-0.05, 0) is 25.0 Å². The van der Waals surface area contributed by atoms with Gasteiger partial charge in [0.25, 0.3) is 0 Å². The van der Waals surface area contributed by atoms with E-state index in [1.807, 2.05) is 13.8 Å². The summed E-state index contributed by atoms with van der Waals surface area (Å²) in [6, 6.07) is 0. The summed E-state index contributed by atoms with van der Waals surface area (Å²) in [6.45, 7) is 5.73. The molecule has 178 valence electrons. The van der Waals surface area contributed by atoms with Gasteiger partial charge in [0.2, 0.25) is 5.91 Å². The maximum absolute atomic E-state index is 13.8. The van der Waals surface area contributed by atoms with Crippen molar-refractivity contribution in [3.8, 4) is 0 Å². The first-order valence-electron chi connectivity index (χ1n) is 11.5. The Morgan fingerprint density at radius 2 is 2.03 bits per heavy atom. The molecule has 2 heterocycles. The van der Waals surface area contributed by atoms with E-state index in [-0.39, 0.29) is 28.9 Å². The van der Waals surface area contributed by atoms with Gasteiger partial charge in [-0.3, -0.25) is 9.59 Å². The second-order valence-electron chi connectivity index (χ2n) is 9.76. The highest BCUT2D eigenvalue weighted by Crippen LogP contribution is 2.59. The van der Waals surface area contributed by atoms with Gasteiger partial charge in [-0.15, -0.1) is 0 Å². The molecule has 0 radical (unpaired) electrons. The number of ether oxygens (including phenoxy) is 2. The summed E-state index contributed by atoms with van der Waals surface area (Å²) in [4.78, 5) is 37.6. The van der Waals surface area contributed by atoms with Crippen LogP contribution in [0.5, 0.6) is 0 Å². The Kier molecular flexibility index (Phi) is 6.37. The summed E-state index contributed by atoms with van der Waals surface area (Å²) >= 11 is 1.55. The molecule has 0 aromatic carbocycles. The average Bonchev–Trinajstić information content (AvgIpc) is 3.02. The Labute approximate surface area is 192 Å². The van der Waals surface area contributed by atoms with E-state index in [0.29, 0.717) is 25.1 Å². The van der Waals surface area contributed by atoms with Crippen LogP contribution in [0.4, 0.5) is 0 Å². The van der Waals surface area contributed by atoms with Crippen molar-refractivity contribution >= 4 is 29.4 Å². The van der Waals surface area contributed by atoms with Gasteiger partial charge in [0.05, 0.1) is 5.60 Å². The highest BCUT2D eigenvalue weighted by atomic mass is 32.2. The van der Waals surface area contributed by atoms with Crippen molar-refractivity contribution in [3.05, 3.63) is 11.3 Å². The minimum absolute atomic E-state index is 0.0484. The van der Waals surface area contributed by atoms with Crippen molar-refractivity contribution < 1.29 is 34.1 Å². The van der Waals surface area contributed by atoms with Crippen molar-refractivity contribution in [3.63, 3.8) is 0 Å². The Hall–Kier alpha value is -1.58. The molecule has 9 heteroatoms. The van der Waals surface area contributed by atoms with Crippen LogP contribution in [0.25, 0.3) is 0 Å². The topological polar surface area (TPSA) is 122 Å². The molecule has 32 heavy (non-hydrogen) atoms. The highest BCUT2D eigenvalue weighted by Gasteiger charge is 2.68. The summed E-state index contributed by atoms with van der Waals surface area (Å²) in [5, 5.41) is 25.4. The van der Waals surface area contributed by atoms with Crippen LogP contribution in [0.15, 0.2) is 11.3 Å². The third-order valence-corrected chi connectivity index (χ3v) is 9.11. The number of rotatable bonds is 6. The molecule has 0 spiro atoms. The number of hydrogen-bond acceptors (Lipinski definition) is 8. The van der Waals surface area contributed by atoms with E-state index >= 15 is 0 Å². The summed E-state index contributed by atoms with van der Waals surface area (Å²) < 4.78 is 11.7. The summed E-state index contributed by atoms with van der Waals surface area (Å²) in [5.41, 5.74) is -2.47. The average molecular weight is 468 g/mol. The Morgan fingerprint density at radius 3 is 2.75 bits per heavy atom.